The zero-order valence-corrected chi connectivity index (χ0v) is 13.9. The average molecular weight is 369 g/mol. The monoisotopic (exact) mass is 369 g/mol. The van der Waals surface area contributed by atoms with Crippen LogP contribution in [-0.2, 0) is 14.2 Å². The first-order valence-electron chi connectivity index (χ1n) is 7.33. The molecular formula is C15H16NO8P. The molecule has 2 unspecified atom stereocenters. The maximum Gasteiger partial charge on any atom is 0.307 e. The molecule has 2 rings (SSSR count). The van der Waals surface area contributed by atoms with Crippen molar-refractivity contribution in [1.29, 1.82) is 0 Å². The van der Waals surface area contributed by atoms with Gasteiger partial charge in [-0.1, -0.05) is 12.1 Å². The number of carbonyl (C=O) groups is 4. The van der Waals surface area contributed by atoms with E-state index in [1.165, 1.54) is 12.1 Å². The lowest BCUT2D eigenvalue weighted by atomic mass is 10.1. The minimum absolute atomic E-state index is 0.119. The highest BCUT2D eigenvalue weighted by atomic mass is 31.2. The molecule has 3 N–H and O–H groups in total. The zero-order chi connectivity index (χ0) is 18.8. The lowest BCUT2D eigenvalue weighted by molar-refractivity contribution is -0.142. The van der Waals surface area contributed by atoms with Crippen molar-refractivity contribution in [2.75, 3.05) is 12.4 Å². The Hall–Kier alpha value is -2.51. The summed E-state index contributed by atoms with van der Waals surface area (Å²) in [5, 5.41) is 17.7. The molecule has 0 aliphatic carbocycles. The predicted octanol–water partition coefficient (Wildman–Crippen LogP) is 1.08. The molecule has 0 aromatic heterocycles. The first-order valence-corrected chi connectivity index (χ1v) is 9.36. The molecule has 2 amide bonds. The van der Waals surface area contributed by atoms with Crippen molar-refractivity contribution < 1.29 is 38.8 Å². The molecule has 0 spiro atoms. The van der Waals surface area contributed by atoms with Gasteiger partial charge in [-0.15, -0.1) is 0 Å². The zero-order valence-electron chi connectivity index (χ0n) is 13.0. The molecular weight excluding hydrogens is 353 g/mol. The number of nitrogens with zero attached hydrogens (tertiary/aromatic N) is 1. The Kier molecular flexibility index (Phi) is 5.39. The summed E-state index contributed by atoms with van der Waals surface area (Å²) in [5.41, 5.74) is 0.237. The maximum atomic E-state index is 12.4. The number of hydrogen-bond donors (Lipinski definition) is 3. The Morgan fingerprint density at radius 1 is 1.08 bits per heavy atom. The number of carboxylic acids is 2. The van der Waals surface area contributed by atoms with Crippen molar-refractivity contribution >= 4 is 31.1 Å². The van der Waals surface area contributed by atoms with Crippen LogP contribution in [0.15, 0.2) is 24.3 Å². The van der Waals surface area contributed by atoms with Gasteiger partial charge in [-0.25, -0.2) is 0 Å². The first kappa shape index (κ1) is 18.8. The third-order valence-corrected chi connectivity index (χ3v) is 5.54. The van der Waals surface area contributed by atoms with Crippen molar-refractivity contribution in [2.24, 2.45) is 5.92 Å². The molecule has 0 fully saturated rings. The van der Waals surface area contributed by atoms with Crippen molar-refractivity contribution in [3.05, 3.63) is 35.4 Å². The number of benzene rings is 1. The van der Waals surface area contributed by atoms with Crippen LogP contribution in [0.3, 0.4) is 0 Å². The van der Waals surface area contributed by atoms with Crippen LogP contribution in [0.25, 0.3) is 0 Å². The number of hydrogen-bond acceptors (Lipinski definition) is 5. The molecule has 1 heterocycles. The van der Waals surface area contributed by atoms with Crippen LogP contribution in [0.2, 0.25) is 0 Å². The van der Waals surface area contributed by atoms with Gasteiger partial charge in [-0.05, 0) is 18.6 Å². The van der Waals surface area contributed by atoms with E-state index < -0.39 is 55.9 Å². The fourth-order valence-corrected chi connectivity index (χ4v) is 4.42. The summed E-state index contributed by atoms with van der Waals surface area (Å²) in [6, 6.07) is 5.95. The van der Waals surface area contributed by atoms with Gasteiger partial charge in [0.2, 0.25) is 7.37 Å². The van der Waals surface area contributed by atoms with Crippen LogP contribution in [0.4, 0.5) is 0 Å². The molecule has 1 aliphatic rings. The second kappa shape index (κ2) is 7.16. The van der Waals surface area contributed by atoms with E-state index in [2.05, 4.69) is 0 Å². The summed E-state index contributed by atoms with van der Waals surface area (Å²) >= 11 is 0. The van der Waals surface area contributed by atoms with Crippen molar-refractivity contribution in [3.8, 4) is 0 Å². The van der Waals surface area contributed by atoms with E-state index >= 15 is 0 Å². The standard InChI is InChI=1S/C15H16NO8P/c17-12(18)6-5-9(15(21)22)7-25(23,24)8-16-13(19)10-3-1-2-4-11(10)14(16)20/h1-4,9H,5-8H2,(H,17,18)(H,21,22)(H,23,24). The molecule has 0 saturated carbocycles. The van der Waals surface area contributed by atoms with E-state index in [4.69, 9.17) is 10.2 Å². The third-order valence-electron chi connectivity index (χ3n) is 3.80. The first-order chi connectivity index (χ1) is 11.6. The highest BCUT2D eigenvalue weighted by Gasteiger charge is 2.40. The van der Waals surface area contributed by atoms with Gasteiger partial charge in [0.05, 0.1) is 17.0 Å². The third kappa shape index (κ3) is 4.32. The molecule has 0 radical (unpaired) electrons. The Balaban J connectivity index is 2.12. The van der Waals surface area contributed by atoms with Gasteiger partial charge in [-0.3, -0.25) is 28.6 Å². The SMILES string of the molecule is O=C(O)CCC(CP(=O)(O)CN1C(=O)c2ccccc2C1=O)C(=O)O. The fourth-order valence-electron chi connectivity index (χ4n) is 2.58. The van der Waals surface area contributed by atoms with Crippen LogP contribution in [0.5, 0.6) is 0 Å². The van der Waals surface area contributed by atoms with Crippen molar-refractivity contribution in [3.63, 3.8) is 0 Å². The minimum atomic E-state index is -4.20. The van der Waals surface area contributed by atoms with Crippen LogP contribution in [0, 0.1) is 5.92 Å². The van der Waals surface area contributed by atoms with Gasteiger partial charge in [0, 0.05) is 12.6 Å². The molecule has 25 heavy (non-hydrogen) atoms. The Bertz CT molecular complexity index is 754. The van der Waals surface area contributed by atoms with Crippen LogP contribution >= 0.6 is 7.37 Å². The van der Waals surface area contributed by atoms with Gasteiger partial charge in [0.25, 0.3) is 11.8 Å². The molecule has 0 saturated heterocycles. The lowest BCUT2D eigenvalue weighted by Crippen LogP contribution is -2.32. The van der Waals surface area contributed by atoms with Crippen molar-refractivity contribution in [1.82, 2.24) is 4.90 Å². The number of carboxylic acid groups (broad SMARTS) is 2. The van der Waals surface area contributed by atoms with E-state index in [1.807, 2.05) is 0 Å². The maximum absolute atomic E-state index is 12.4. The Morgan fingerprint density at radius 3 is 2.04 bits per heavy atom. The molecule has 1 aromatic carbocycles. The number of carbonyl (C=O) groups excluding carboxylic acids is 2. The summed E-state index contributed by atoms with van der Waals surface area (Å²) < 4.78 is 12.4. The number of amides is 2. The second-order valence-corrected chi connectivity index (χ2v) is 8.06. The quantitative estimate of drug-likeness (QED) is 0.455. The largest absolute Gasteiger partial charge is 0.481 e. The summed E-state index contributed by atoms with van der Waals surface area (Å²) in [6.07, 6.45) is -2.32. The smallest absolute Gasteiger partial charge is 0.307 e. The molecule has 2 atom stereocenters. The fraction of sp³-hybridized carbons (Fsp3) is 0.333. The van der Waals surface area contributed by atoms with Crippen LogP contribution in [-0.4, -0.2) is 56.2 Å². The summed E-state index contributed by atoms with van der Waals surface area (Å²) in [5.74, 6) is -5.42. The summed E-state index contributed by atoms with van der Waals surface area (Å²) in [6.45, 7) is 0. The topological polar surface area (TPSA) is 149 Å². The summed E-state index contributed by atoms with van der Waals surface area (Å²) in [4.78, 5) is 56.8. The van der Waals surface area contributed by atoms with Gasteiger partial charge >= 0.3 is 11.9 Å². The summed E-state index contributed by atoms with van der Waals surface area (Å²) in [7, 11) is -4.20. The van der Waals surface area contributed by atoms with Gasteiger partial charge in [0.1, 0.15) is 6.29 Å². The van der Waals surface area contributed by atoms with Crippen molar-refractivity contribution in [2.45, 2.75) is 12.8 Å². The molecule has 1 aromatic rings. The van der Waals surface area contributed by atoms with Gasteiger partial charge < -0.3 is 15.1 Å². The molecule has 10 heteroatoms. The van der Waals surface area contributed by atoms with Gasteiger partial charge in [0.15, 0.2) is 0 Å². The molecule has 1 aliphatic heterocycles. The van der Waals surface area contributed by atoms with E-state index in [0.717, 1.165) is 0 Å². The second-order valence-electron chi connectivity index (χ2n) is 5.72. The Morgan fingerprint density at radius 2 is 1.60 bits per heavy atom. The predicted molar refractivity (Wildman–Crippen MR) is 84.5 cm³/mol. The molecule has 0 bridgehead atoms. The van der Waals surface area contributed by atoms with E-state index in [-0.39, 0.29) is 17.5 Å². The highest BCUT2D eigenvalue weighted by molar-refractivity contribution is 7.58. The Labute approximate surface area is 142 Å². The van der Waals surface area contributed by atoms with E-state index in [1.54, 1.807) is 12.1 Å². The van der Waals surface area contributed by atoms with E-state index in [9.17, 15) is 28.6 Å². The normalized spacial score (nSPS) is 17.1. The minimum Gasteiger partial charge on any atom is -0.481 e. The number of imide groups is 1. The lowest BCUT2D eigenvalue weighted by Gasteiger charge is -2.21. The highest BCUT2D eigenvalue weighted by Crippen LogP contribution is 2.45. The number of rotatable bonds is 8. The van der Waals surface area contributed by atoms with E-state index in [0.29, 0.717) is 4.90 Å². The van der Waals surface area contributed by atoms with Crippen LogP contribution in [0.1, 0.15) is 33.6 Å². The van der Waals surface area contributed by atoms with Crippen LogP contribution < -0.4 is 0 Å². The average Bonchev–Trinajstić information content (AvgIpc) is 2.76. The number of aliphatic carboxylic acids is 2. The molecule has 134 valence electrons. The van der Waals surface area contributed by atoms with Gasteiger partial charge in [-0.2, -0.15) is 0 Å². The molecule has 9 nitrogen and oxygen atoms in total. The number of fused-ring (bicyclic) bond motifs is 1.